The molecule has 2 atom stereocenters. The van der Waals surface area contributed by atoms with Crippen molar-refractivity contribution < 1.29 is 22.7 Å². The van der Waals surface area contributed by atoms with Crippen molar-refractivity contribution >= 4 is 22.5 Å². The van der Waals surface area contributed by atoms with Crippen LogP contribution in [-0.4, -0.2) is 30.3 Å². The van der Waals surface area contributed by atoms with Gasteiger partial charge in [0.15, 0.2) is 5.13 Å². The van der Waals surface area contributed by atoms with E-state index in [9.17, 15) is 18.0 Å². The predicted octanol–water partition coefficient (Wildman–Crippen LogP) is 2.71. The van der Waals surface area contributed by atoms with Gasteiger partial charge in [0.05, 0.1) is 12.8 Å². The molecule has 2 N–H and O–H groups in total. The molecule has 1 aliphatic rings. The number of hydrogen-bond donors (Lipinski definition) is 2. The van der Waals surface area contributed by atoms with Crippen LogP contribution in [0.15, 0.2) is 6.20 Å². The normalized spacial score (nSPS) is 20.7. The van der Waals surface area contributed by atoms with Crippen LogP contribution in [0.3, 0.4) is 0 Å². The molecule has 0 saturated carbocycles. The van der Waals surface area contributed by atoms with Crippen molar-refractivity contribution in [3.05, 3.63) is 11.1 Å². The Morgan fingerprint density at radius 1 is 1.60 bits per heavy atom. The highest BCUT2D eigenvalue weighted by Crippen LogP contribution is 2.34. The highest BCUT2D eigenvalue weighted by Gasteiger charge is 2.33. The first kappa shape index (κ1) is 15.0. The van der Waals surface area contributed by atoms with Gasteiger partial charge in [0.25, 0.3) is 0 Å². The van der Waals surface area contributed by atoms with Gasteiger partial charge in [0.2, 0.25) is 0 Å². The number of thiazole rings is 1. The SMILES string of the molecule is CC(NC(=O)Nc1ncc(C(F)(F)F)s1)C1CCOC1. The van der Waals surface area contributed by atoms with Crippen molar-refractivity contribution in [2.45, 2.75) is 25.6 Å². The average molecular weight is 309 g/mol. The van der Waals surface area contributed by atoms with Gasteiger partial charge in [-0.3, -0.25) is 5.32 Å². The van der Waals surface area contributed by atoms with Crippen molar-refractivity contribution in [3.63, 3.8) is 0 Å². The third kappa shape index (κ3) is 3.83. The van der Waals surface area contributed by atoms with Crippen molar-refractivity contribution in [1.82, 2.24) is 10.3 Å². The number of ether oxygens (including phenoxy) is 1. The molecule has 0 aliphatic carbocycles. The molecule has 5 nitrogen and oxygen atoms in total. The van der Waals surface area contributed by atoms with E-state index in [2.05, 4.69) is 15.6 Å². The lowest BCUT2D eigenvalue weighted by Gasteiger charge is -2.18. The van der Waals surface area contributed by atoms with E-state index in [4.69, 9.17) is 4.74 Å². The Bertz CT molecular complexity index is 472. The molecule has 1 fully saturated rings. The molecular formula is C11H14F3N3O2S. The third-order valence-corrected chi connectivity index (χ3v) is 3.99. The number of nitrogens with one attached hydrogen (secondary N) is 2. The number of amides is 2. The van der Waals surface area contributed by atoms with Crippen LogP contribution in [0.2, 0.25) is 0 Å². The van der Waals surface area contributed by atoms with Gasteiger partial charge in [-0.1, -0.05) is 11.3 Å². The molecule has 2 rings (SSSR count). The quantitative estimate of drug-likeness (QED) is 0.902. The molecule has 0 radical (unpaired) electrons. The number of aromatic nitrogens is 1. The van der Waals surface area contributed by atoms with Crippen molar-refractivity contribution in [2.75, 3.05) is 18.5 Å². The maximum absolute atomic E-state index is 12.4. The van der Waals surface area contributed by atoms with E-state index in [0.717, 1.165) is 6.42 Å². The first-order valence-corrected chi connectivity index (χ1v) is 6.86. The van der Waals surface area contributed by atoms with Crippen LogP contribution >= 0.6 is 11.3 Å². The summed E-state index contributed by atoms with van der Waals surface area (Å²) in [6.45, 7) is 3.08. The number of hydrogen-bond acceptors (Lipinski definition) is 4. The van der Waals surface area contributed by atoms with Gasteiger partial charge in [-0.2, -0.15) is 13.2 Å². The van der Waals surface area contributed by atoms with E-state index in [1.54, 1.807) is 0 Å². The van der Waals surface area contributed by atoms with E-state index in [1.807, 2.05) is 6.92 Å². The lowest BCUT2D eigenvalue weighted by molar-refractivity contribution is -0.134. The topological polar surface area (TPSA) is 63.2 Å². The molecule has 1 saturated heterocycles. The summed E-state index contributed by atoms with van der Waals surface area (Å²) in [5.74, 6) is 0.225. The van der Waals surface area contributed by atoms with Gasteiger partial charge in [-0.05, 0) is 13.3 Å². The lowest BCUT2D eigenvalue weighted by atomic mass is 10.0. The predicted molar refractivity (Wildman–Crippen MR) is 67.7 cm³/mol. The minimum Gasteiger partial charge on any atom is -0.381 e. The Morgan fingerprint density at radius 3 is 2.90 bits per heavy atom. The fourth-order valence-corrected chi connectivity index (χ4v) is 2.55. The zero-order valence-corrected chi connectivity index (χ0v) is 11.5. The maximum Gasteiger partial charge on any atom is 0.427 e. The van der Waals surface area contributed by atoms with Crippen LogP contribution in [0.1, 0.15) is 18.2 Å². The molecule has 1 aromatic heterocycles. The average Bonchev–Trinajstić information content (AvgIpc) is 2.97. The third-order valence-electron chi connectivity index (χ3n) is 3.04. The zero-order chi connectivity index (χ0) is 14.8. The molecule has 2 amide bonds. The van der Waals surface area contributed by atoms with Crippen molar-refractivity contribution in [1.29, 1.82) is 0 Å². The van der Waals surface area contributed by atoms with Crippen molar-refractivity contribution in [2.24, 2.45) is 5.92 Å². The molecule has 112 valence electrons. The first-order chi connectivity index (χ1) is 9.36. The Kier molecular flexibility index (Phi) is 4.48. The zero-order valence-electron chi connectivity index (χ0n) is 10.7. The fraction of sp³-hybridized carbons (Fsp3) is 0.636. The summed E-state index contributed by atoms with van der Waals surface area (Å²) in [5.41, 5.74) is 0. The van der Waals surface area contributed by atoms with Crippen LogP contribution in [0.5, 0.6) is 0 Å². The number of rotatable bonds is 3. The summed E-state index contributed by atoms with van der Waals surface area (Å²) in [4.78, 5) is 14.3. The minimum atomic E-state index is -4.44. The molecule has 2 unspecified atom stereocenters. The number of nitrogens with zero attached hydrogens (tertiary/aromatic N) is 1. The smallest absolute Gasteiger partial charge is 0.381 e. The molecule has 1 aliphatic heterocycles. The molecule has 20 heavy (non-hydrogen) atoms. The van der Waals surface area contributed by atoms with E-state index in [-0.39, 0.29) is 17.1 Å². The summed E-state index contributed by atoms with van der Waals surface area (Å²) in [6, 6.07) is -0.674. The van der Waals surface area contributed by atoms with Gasteiger partial charge >= 0.3 is 12.2 Å². The highest BCUT2D eigenvalue weighted by atomic mass is 32.1. The van der Waals surface area contributed by atoms with E-state index in [0.29, 0.717) is 30.7 Å². The second-order valence-electron chi connectivity index (χ2n) is 4.54. The second-order valence-corrected chi connectivity index (χ2v) is 5.57. The number of anilines is 1. The monoisotopic (exact) mass is 309 g/mol. The number of urea groups is 1. The van der Waals surface area contributed by atoms with Gasteiger partial charge in [0, 0.05) is 18.6 Å². The Balaban J connectivity index is 1.86. The van der Waals surface area contributed by atoms with E-state index in [1.165, 1.54) is 0 Å². The van der Waals surface area contributed by atoms with Crippen LogP contribution in [0, 0.1) is 5.92 Å². The highest BCUT2D eigenvalue weighted by molar-refractivity contribution is 7.15. The van der Waals surface area contributed by atoms with Crippen LogP contribution in [-0.2, 0) is 10.9 Å². The van der Waals surface area contributed by atoms with Crippen LogP contribution in [0.25, 0.3) is 0 Å². The summed E-state index contributed by atoms with van der Waals surface area (Å²) in [6.07, 6.45) is -2.88. The standard InChI is InChI=1S/C11H14F3N3O2S/c1-6(7-2-3-19-5-7)16-9(18)17-10-15-4-8(20-10)11(12,13)14/h4,6-7H,2-3,5H2,1H3,(H2,15,16,17,18). The summed E-state index contributed by atoms with van der Waals surface area (Å²) >= 11 is 0.395. The number of halogens is 3. The van der Waals surface area contributed by atoms with Gasteiger partial charge in [-0.15, -0.1) is 0 Å². The molecule has 2 heterocycles. The molecular weight excluding hydrogens is 295 g/mol. The van der Waals surface area contributed by atoms with Crippen LogP contribution in [0.4, 0.5) is 23.1 Å². The number of carbonyl (C=O) groups excluding carboxylic acids is 1. The molecule has 1 aromatic rings. The largest absolute Gasteiger partial charge is 0.427 e. The Morgan fingerprint density at radius 2 is 2.35 bits per heavy atom. The first-order valence-electron chi connectivity index (χ1n) is 6.04. The van der Waals surface area contributed by atoms with Crippen molar-refractivity contribution in [3.8, 4) is 0 Å². The van der Waals surface area contributed by atoms with E-state index >= 15 is 0 Å². The molecule has 0 bridgehead atoms. The fourth-order valence-electron chi connectivity index (χ4n) is 1.87. The summed E-state index contributed by atoms with van der Waals surface area (Å²) < 4.78 is 42.4. The molecule has 0 aromatic carbocycles. The molecule has 0 spiro atoms. The molecule has 9 heteroatoms. The van der Waals surface area contributed by atoms with Gasteiger partial charge in [0.1, 0.15) is 4.88 Å². The minimum absolute atomic E-state index is 0.0790. The van der Waals surface area contributed by atoms with E-state index < -0.39 is 17.1 Å². The summed E-state index contributed by atoms with van der Waals surface area (Å²) in [7, 11) is 0. The lowest BCUT2D eigenvalue weighted by Crippen LogP contribution is -2.40. The van der Waals surface area contributed by atoms with Gasteiger partial charge < -0.3 is 10.1 Å². The maximum atomic E-state index is 12.4. The second kappa shape index (κ2) is 5.96. The number of alkyl halides is 3. The van der Waals surface area contributed by atoms with Crippen LogP contribution < -0.4 is 10.6 Å². The Hall–Kier alpha value is -1.35. The van der Waals surface area contributed by atoms with Gasteiger partial charge in [-0.25, -0.2) is 9.78 Å². The summed E-state index contributed by atoms with van der Waals surface area (Å²) in [5, 5.41) is 4.90. The Labute approximate surface area is 117 Å². The number of carbonyl (C=O) groups is 1.